The number of hydrogen-bond donors (Lipinski definition) is 2. The molecule has 1 heterocycles. The minimum atomic E-state index is 0.0715. The van der Waals surface area contributed by atoms with Crippen LogP contribution in [-0.2, 0) is 11.2 Å². The highest BCUT2D eigenvalue weighted by Crippen LogP contribution is 2.26. The molecule has 14 heavy (non-hydrogen) atoms. The minimum absolute atomic E-state index is 0.0715. The van der Waals surface area contributed by atoms with Crippen LogP contribution in [0.25, 0.3) is 0 Å². The fourth-order valence-electron chi connectivity index (χ4n) is 1.72. The van der Waals surface area contributed by atoms with Crippen molar-refractivity contribution in [3.8, 4) is 0 Å². The summed E-state index contributed by atoms with van der Waals surface area (Å²) in [4.78, 5) is 11.1. The Morgan fingerprint density at radius 2 is 2.36 bits per heavy atom. The smallest absolute Gasteiger partial charge is 0.228 e. The van der Waals surface area contributed by atoms with E-state index < -0.39 is 0 Å². The van der Waals surface area contributed by atoms with E-state index in [-0.39, 0.29) is 11.9 Å². The van der Waals surface area contributed by atoms with E-state index in [2.05, 4.69) is 12.2 Å². The van der Waals surface area contributed by atoms with Crippen molar-refractivity contribution in [1.29, 1.82) is 0 Å². The van der Waals surface area contributed by atoms with Crippen LogP contribution in [0.2, 0.25) is 0 Å². The zero-order chi connectivity index (χ0) is 10.1. The van der Waals surface area contributed by atoms with Crippen molar-refractivity contribution >= 4 is 11.6 Å². The van der Waals surface area contributed by atoms with Gasteiger partial charge in [-0.2, -0.15) is 0 Å². The summed E-state index contributed by atoms with van der Waals surface area (Å²) in [5.41, 5.74) is 9.03. The molecule has 0 unspecified atom stereocenters. The first-order chi connectivity index (χ1) is 6.70. The summed E-state index contributed by atoms with van der Waals surface area (Å²) in [6, 6.07) is 6.03. The Morgan fingerprint density at radius 3 is 3.07 bits per heavy atom. The van der Waals surface area contributed by atoms with Crippen LogP contribution >= 0.6 is 0 Å². The third-order valence-electron chi connectivity index (χ3n) is 2.62. The molecule has 0 bridgehead atoms. The molecule has 1 aromatic carbocycles. The lowest BCUT2D eigenvalue weighted by molar-refractivity contribution is -0.115. The monoisotopic (exact) mass is 190 g/mol. The maximum atomic E-state index is 11.1. The van der Waals surface area contributed by atoms with Gasteiger partial charge in [0, 0.05) is 11.7 Å². The number of carbonyl (C=O) groups excluding carboxylic acids is 1. The lowest BCUT2D eigenvalue weighted by Crippen LogP contribution is -2.08. The Labute approximate surface area is 83.3 Å². The van der Waals surface area contributed by atoms with E-state index in [1.54, 1.807) is 0 Å². The van der Waals surface area contributed by atoms with Gasteiger partial charge in [-0.3, -0.25) is 4.79 Å². The number of anilines is 1. The van der Waals surface area contributed by atoms with Crippen molar-refractivity contribution in [2.75, 3.05) is 5.32 Å². The predicted molar refractivity (Wildman–Crippen MR) is 56.0 cm³/mol. The van der Waals surface area contributed by atoms with Gasteiger partial charge in [0.1, 0.15) is 0 Å². The SMILES string of the molecule is CC[C@H](N)c1ccc2c(c1)CC(=O)N2. The van der Waals surface area contributed by atoms with Crippen molar-refractivity contribution in [3.63, 3.8) is 0 Å². The second-order valence-electron chi connectivity index (χ2n) is 3.66. The molecule has 3 N–H and O–H groups in total. The third-order valence-corrected chi connectivity index (χ3v) is 2.62. The van der Waals surface area contributed by atoms with Gasteiger partial charge in [-0.1, -0.05) is 19.1 Å². The number of amides is 1. The molecule has 2 rings (SSSR count). The van der Waals surface area contributed by atoms with Crippen LogP contribution in [0.3, 0.4) is 0 Å². The molecule has 1 aliphatic rings. The lowest BCUT2D eigenvalue weighted by Gasteiger charge is -2.10. The summed E-state index contributed by atoms with van der Waals surface area (Å²) in [6.45, 7) is 2.06. The van der Waals surface area contributed by atoms with Crippen LogP contribution in [0, 0.1) is 0 Å². The van der Waals surface area contributed by atoms with Crippen molar-refractivity contribution in [2.24, 2.45) is 5.73 Å². The van der Waals surface area contributed by atoms with Gasteiger partial charge in [0.2, 0.25) is 5.91 Å². The number of hydrogen-bond acceptors (Lipinski definition) is 2. The Kier molecular flexibility index (Phi) is 2.25. The first-order valence-corrected chi connectivity index (χ1v) is 4.89. The summed E-state index contributed by atoms with van der Waals surface area (Å²) in [5, 5.41) is 2.80. The van der Waals surface area contributed by atoms with Crippen molar-refractivity contribution in [1.82, 2.24) is 0 Å². The molecule has 74 valence electrons. The molecule has 1 aliphatic heterocycles. The Morgan fingerprint density at radius 1 is 1.57 bits per heavy atom. The van der Waals surface area contributed by atoms with Crippen LogP contribution in [0.4, 0.5) is 5.69 Å². The van der Waals surface area contributed by atoms with Crippen LogP contribution < -0.4 is 11.1 Å². The number of rotatable bonds is 2. The van der Waals surface area contributed by atoms with Crippen LogP contribution in [-0.4, -0.2) is 5.91 Å². The molecule has 0 fully saturated rings. The van der Waals surface area contributed by atoms with Gasteiger partial charge in [0.05, 0.1) is 6.42 Å². The molecule has 1 amide bonds. The summed E-state index contributed by atoms with van der Waals surface area (Å²) in [7, 11) is 0. The minimum Gasteiger partial charge on any atom is -0.326 e. The topological polar surface area (TPSA) is 55.1 Å². The quantitative estimate of drug-likeness (QED) is 0.744. The van der Waals surface area contributed by atoms with E-state index in [0.29, 0.717) is 6.42 Å². The van der Waals surface area contributed by atoms with Gasteiger partial charge in [0.15, 0.2) is 0 Å². The first-order valence-electron chi connectivity index (χ1n) is 4.89. The fraction of sp³-hybridized carbons (Fsp3) is 0.364. The molecule has 1 atom stereocenters. The highest BCUT2D eigenvalue weighted by molar-refractivity contribution is 5.99. The molecule has 0 saturated carbocycles. The van der Waals surface area contributed by atoms with Gasteiger partial charge in [0.25, 0.3) is 0 Å². The predicted octanol–water partition coefficient (Wildman–Crippen LogP) is 1.59. The molecular formula is C11H14N2O. The Bertz CT molecular complexity index is 374. The highest BCUT2D eigenvalue weighted by atomic mass is 16.1. The van der Waals surface area contributed by atoms with E-state index >= 15 is 0 Å². The number of nitrogens with two attached hydrogens (primary N) is 1. The maximum Gasteiger partial charge on any atom is 0.228 e. The number of benzene rings is 1. The Hall–Kier alpha value is -1.35. The van der Waals surface area contributed by atoms with E-state index in [9.17, 15) is 4.79 Å². The second kappa shape index (κ2) is 3.42. The van der Waals surface area contributed by atoms with Gasteiger partial charge in [-0.25, -0.2) is 0 Å². The normalized spacial score (nSPS) is 16.3. The third kappa shape index (κ3) is 1.51. The zero-order valence-electron chi connectivity index (χ0n) is 8.21. The van der Waals surface area contributed by atoms with E-state index in [1.807, 2.05) is 18.2 Å². The lowest BCUT2D eigenvalue weighted by atomic mass is 10.0. The summed E-state index contributed by atoms with van der Waals surface area (Å²) >= 11 is 0. The summed E-state index contributed by atoms with van der Waals surface area (Å²) in [6.07, 6.45) is 1.40. The molecule has 0 aromatic heterocycles. The molecular weight excluding hydrogens is 176 g/mol. The van der Waals surface area contributed by atoms with Crippen molar-refractivity contribution in [2.45, 2.75) is 25.8 Å². The summed E-state index contributed by atoms with van der Waals surface area (Å²) in [5.74, 6) is 0.0715. The standard InChI is InChI=1S/C11H14N2O/c1-2-9(12)7-3-4-10-8(5-7)6-11(14)13-10/h3-5,9H,2,6,12H2,1H3,(H,13,14)/t9-/m0/s1. The molecule has 3 heteroatoms. The van der Waals surface area contributed by atoms with Crippen molar-refractivity contribution in [3.05, 3.63) is 29.3 Å². The molecule has 0 aliphatic carbocycles. The average molecular weight is 190 g/mol. The van der Waals surface area contributed by atoms with Gasteiger partial charge >= 0.3 is 0 Å². The number of fused-ring (bicyclic) bond motifs is 1. The highest BCUT2D eigenvalue weighted by Gasteiger charge is 2.18. The van der Waals surface area contributed by atoms with Gasteiger partial charge in [-0.15, -0.1) is 0 Å². The summed E-state index contributed by atoms with van der Waals surface area (Å²) < 4.78 is 0. The molecule has 0 radical (unpaired) electrons. The fourth-order valence-corrected chi connectivity index (χ4v) is 1.72. The van der Waals surface area contributed by atoms with E-state index in [0.717, 1.165) is 23.2 Å². The molecule has 3 nitrogen and oxygen atoms in total. The zero-order valence-corrected chi connectivity index (χ0v) is 8.21. The van der Waals surface area contributed by atoms with Gasteiger partial charge < -0.3 is 11.1 Å². The molecule has 1 aromatic rings. The average Bonchev–Trinajstić information content (AvgIpc) is 2.55. The van der Waals surface area contributed by atoms with Crippen LogP contribution in [0.5, 0.6) is 0 Å². The molecule has 0 saturated heterocycles. The van der Waals surface area contributed by atoms with E-state index in [4.69, 9.17) is 5.73 Å². The van der Waals surface area contributed by atoms with Crippen LogP contribution in [0.15, 0.2) is 18.2 Å². The van der Waals surface area contributed by atoms with Gasteiger partial charge in [-0.05, 0) is 23.6 Å². The number of carbonyl (C=O) groups is 1. The number of nitrogens with one attached hydrogen (secondary N) is 1. The molecule has 0 spiro atoms. The van der Waals surface area contributed by atoms with E-state index in [1.165, 1.54) is 0 Å². The Balaban J connectivity index is 2.32. The van der Waals surface area contributed by atoms with Crippen molar-refractivity contribution < 1.29 is 4.79 Å². The second-order valence-corrected chi connectivity index (χ2v) is 3.66. The largest absolute Gasteiger partial charge is 0.326 e. The maximum absolute atomic E-state index is 11.1. The van der Waals surface area contributed by atoms with Crippen LogP contribution in [0.1, 0.15) is 30.5 Å². The first kappa shape index (κ1) is 9.21.